The molecule has 0 aromatic heterocycles. The normalized spacial score (nSPS) is 11.7. The quantitative estimate of drug-likeness (QED) is 0.560. The molecule has 0 aliphatic carbocycles. The fourth-order valence-electron chi connectivity index (χ4n) is 2.00. The maximum atomic E-state index is 12.5. The topological polar surface area (TPSA) is 84.2 Å². The third kappa shape index (κ3) is 4.82. The molecular weight excluding hydrogens is 310 g/mol. The van der Waals surface area contributed by atoms with Gasteiger partial charge in [-0.15, -0.1) is 0 Å². The van der Waals surface area contributed by atoms with Crippen molar-refractivity contribution in [2.75, 3.05) is 17.6 Å². The molecule has 2 aromatic rings. The highest BCUT2D eigenvalue weighted by Crippen LogP contribution is 2.24. The Kier molecular flexibility index (Phi) is 6.17. The van der Waals surface area contributed by atoms with Crippen LogP contribution in [0.5, 0.6) is 0 Å². The van der Waals surface area contributed by atoms with Gasteiger partial charge in [0.15, 0.2) is 0 Å². The Bertz CT molecular complexity index is 689. The first kappa shape index (κ1) is 17.0. The molecule has 122 valence electrons. The van der Waals surface area contributed by atoms with Gasteiger partial charge in [-0.2, -0.15) is 0 Å². The third-order valence-electron chi connectivity index (χ3n) is 3.26. The third-order valence-corrected chi connectivity index (χ3v) is 4.64. The molecule has 2 rings (SSSR count). The van der Waals surface area contributed by atoms with Crippen molar-refractivity contribution in [3.05, 3.63) is 48.5 Å². The van der Waals surface area contributed by atoms with E-state index < -0.39 is 10.8 Å². The number of anilines is 2. The SMILES string of the molecule is CCCCNC(=O)Nc1ccc(S(=O)c2ccccc2)cc1N. The number of hydrogen-bond donors (Lipinski definition) is 3. The Morgan fingerprint density at radius 3 is 2.52 bits per heavy atom. The van der Waals surface area contributed by atoms with Crippen LogP contribution in [0.2, 0.25) is 0 Å². The molecule has 0 heterocycles. The lowest BCUT2D eigenvalue weighted by Gasteiger charge is -2.11. The fraction of sp³-hybridized carbons (Fsp3) is 0.235. The number of hydrogen-bond acceptors (Lipinski definition) is 3. The average Bonchev–Trinajstić information content (AvgIpc) is 2.57. The van der Waals surface area contributed by atoms with Crippen molar-refractivity contribution in [2.45, 2.75) is 29.6 Å². The molecular formula is C17H21N3O2S. The molecule has 0 bridgehead atoms. The van der Waals surface area contributed by atoms with Gasteiger partial charge in [0.25, 0.3) is 0 Å². The number of benzene rings is 2. The number of rotatable bonds is 6. The first-order valence-corrected chi connectivity index (χ1v) is 8.68. The summed E-state index contributed by atoms with van der Waals surface area (Å²) < 4.78 is 12.5. The fourth-order valence-corrected chi connectivity index (χ4v) is 3.10. The first-order valence-electron chi connectivity index (χ1n) is 7.53. The molecule has 0 aliphatic rings. The maximum absolute atomic E-state index is 12.5. The molecule has 0 radical (unpaired) electrons. The summed E-state index contributed by atoms with van der Waals surface area (Å²) in [6.45, 7) is 2.68. The van der Waals surface area contributed by atoms with Crippen LogP contribution in [0.15, 0.2) is 58.3 Å². The van der Waals surface area contributed by atoms with Gasteiger partial charge >= 0.3 is 6.03 Å². The van der Waals surface area contributed by atoms with Gasteiger partial charge in [0.2, 0.25) is 0 Å². The summed E-state index contributed by atoms with van der Waals surface area (Å²) in [5, 5.41) is 5.46. The molecule has 6 heteroatoms. The highest BCUT2D eigenvalue weighted by atomic mass is 32.2. The van der Waals surface area contributed by atoms with E-state index in [9.17, 15) is 9.00 Å². The van der Waals surface area contributed by atoms with Crippen molar-refractivity contribution in [3.63, 3.8) is 0 Å². The Balaban J connectivity index is 2.06. The number of nitrogens with one attached hydrogen (secondary N) is 2. The van der Waals surface area contributed by atoms with E-state index in [0.29, 0.717) is 27.7 Å². The average molecular weight is 331 g/mol. The van der Waals surface area contributed by atoms with E-state index in [2.05, 4.69) is 17.6 Å². The second kappa shape index (κ2) is 8.33. The summed E-state index contributed by atoms with van der Waals surface area (Å²) in [7, 11) is -1.29. The molecule has 5 nitrogen and oxygen atoms in total. The van der Waals surface area contributed by atoms with Crippen molar-refractivity contribution in [1.29, 1.82) is 0 Å². The second-order valence-electron chi connectivity index (χ2n) is 5.07. The van der Waals surface area contributed by atoms with E-state index in [4.69, 9.17) is 5.73 Å². The summed E-state index contributed by atoms with van der Waals surface area (Å²) in [4.78, 5) is 13.1. The molecule has 2 amide bonds. The summed E-state index contributed by atoms with van der Waals surface area (Å²) in [6, 6.07) is 13.9. The van der Waals surface area contributed by atoms with E-state index >= 15 is 0 Å². The van der Waals surface area contributed by atoms with Gasteiger partial charge in [-0.25, -0.2) is 9.00 Å². The number of carbonyl (C=O) groups excluding carboxylic acids is 1. The van der Waals surface area contributed by atoms with E-state index in [-0.39, 0.29) is 6.03 Å². The molecule has 0 saturated heterocycles. The molecule has 0 saturated carbocycles. The first-order chi connectivity index (χ1) is 11.1. The molecule has 23 heavy (non-hydrogen) atoms. The Hall–Kier alpha value is -2.34. The number of amides is 2. The Labute approximate surface area is 138 Å². The highest BCUT2D eigenvalue weighted by molar-refractivity contribution is 7.85. The van der Waals surface area contributed by atoms with Crippen molar-refractivity contribution >= 4 is 28.2 Å². The molecule has 0 aliphatic heterocycles. The zero-order chi connectivity index (χ0) is 16.7. The zero-order valence-electron chi connectivity index (χ0n) is 13.0. The number of nitrogen functional groups attached to an aromatic ring is 1. The summed E-state index contributed by atoms with van der Waals surface area (Å²) in [5.41, 5.74) is 6.86. The van der Waals surface area contributed by atoms with E-state index in [0.717, 1.165) is 12.8 Å². The second-order valence-corrected chi connectivity index (χ2v) is 6.55. The van der Waals surface area contributed by atoms with Crippen LogP contribution in [0.1, 0.15) is 19.8 Å². The standard InChI is InChI=1S/C17H21N3O2S/c1-2-3-11-19-17(21)20-16-10-9-14(12-15(16)18)23(22)13-7-5-4-6-8-13/h4-10,12H,2-3,11,18H2,1H3,(H2,19,20,21). The highest BCUT2D eigenvalue weighted by Gasteiger charge is 2.10. The van der Waals surface area contributed by atoms with Crippen molar-refractivity contribution in [2.24, 2.45) is 0 Å². The van der Waals surface area contributed by atoms with Gasteiger partial charge in [0.1, 0.15) is 0 Å². The van der Waals surface area contributed by atoms with Crippen molar-refractivity contribution in [1.82, 2.24) is 5.32 Å². The predicted octanol–water partition coefficient (Wildman–Crippen LogP) is 3.36. The lowest BCUT2D eigenvalue weighted by Crippen LogP contribution is -2.29. The largest absolute Gasteiger partial charge is 0.397 e. The molecule has 0 spiro atoms. The van der Waals surface area contributed by atoms with Crippen LogP contribution in [-0.2, 0) is 10.8 Å². The monoisotopic (exact) mass is 331 g/mol. The van der Waals surface area contributed by atoms with Gasteiger partial charge in [0, 0.05) is 16.3 Å². The van der Waals surface area contributed by atoms with Crippen LogP contribution >= 0.6 is 0 Å². The number of unbranched alkanes of at least 4 members (excludes halogenated alkanes) is 1. The lowest BCUT2D eigenvalue weighted by atomic mass is 10.3. The molecule has 4 N–H and O–H groups in total. The number of nitrogens with two attached hydrogens (primary N) is 1. The summed E-state index contributed by atoms with van der Waals surface area (Å²) >= 11 is 0. The van der Waals surface area contributed by atoms with Crippen LogP contribution < -0.4 is 16.4 Å². The minimum absolute atomic E-state index is 0.290. The van der Waals surface area contributed by atoms with Crippen molar-refractivity contribution < 1.29 is 9.00 Å². The van der Waals surface area contributed by atoms with Gasteiger partial charge in [-0.05, 0) is 36.8 Å². The van der Waals surface area contributed by atoms with Crippen molar-refractivity contribution in [3.8, 4) is 0 Å². The van der Waals surface area contributed by atoms with Gasteiger partial charge in [0.05, 0.1) is 22.2 Å². The van der Waals surface area contributed by atoms with Crippen LogP contribution in [0.25, 0.3) is 0 Å². The smallest absolute Gasteiger partial charge is 0.319 e. The van der Waals surface area contributed by atoms with E-state index in [1.165, 1.54) is 0 Å². The lowest BCUT2D eigenvalue weighted by molar-refractivity contribution is 0.252. The van der Waals surface area contributed by atoms with Crippen LogP contribution in [-0.4, -0.2) is 16.8 Å². The molecule has 1 atom stereocenters. The van der Waals surface area contributed by atoms with Gasteiger partial charge < -0.3 is 16.4 Å². The summed E-state index contributed by atoms with van der Waals surface area (Å²) in [5.74, 6) is 0. The number of carbonyl (C=O) groups is 1. The van der Waals surface area contributed by atoms with E-state index in [1.807, 2.05) is 18.2 Å². The maximum Gasteiger partial charge on any atom is 0.319 e. The van der Waals surface area contributed by atoms with Crippen LogP contribution in [0.3, 0.4) is 0 Å². The molecule has 2 aromatic carbocycles. The number of urea groups is 1. The van der Waals surface area contributed by atoms with Crippen LogP contribution in [0.4, 0.5) is 16.2 Å². The minimum atomic E-state index is -1.29. The zero-order valence-corrected chi connectivity index (χ0v) is 13.9. The van der Waals surface area contributed by atoms with Gasteiger partial charge in [-0.1, -0.05) is 31.5 Å². The Morgan fingerprint density at radius 1 is 1.13 bits per heavy atom. The van der Waals surface area contributed by atoms with E-state index in [1.54, 1.807) is 30.3 Å². The predicted molar refractivity (Wildman–Crippen MR) is 93.9 cm³/mol. The van der Waals surface area contributed by atoms with Gasteiger partial charge in [-0.3, -0.25) is 0 Å². The minimum Gasteiger partial charge on any atom is -0.397 e. The Morgan fingerprint density at radius 2 is 1.87 bits per heavy atom. The van der Waals surface area contributed by atoms with Crippen LogP contribution in [0, 0.1) is 0 Å². The molecule has 1 unspecified atom stereocenters. The molecule has 0 fully saturated rings. The summed E-state index contributed by atoms with van der Waals surface area (Å²) in [6.07, 6.45) is 1.94.